The number of para-hydroxylation sites is 1. The number of rotatable bonds is 5. The number of nitrogens with one attached hydrogen (secondary N) is 1. The van der Waals surface area contributed by atoms with Gasteiger partial charge in [0.05, 0.1) is 6.07 Å². The van der Waals surface area contributed by atoms with Crippen molar-refractivity contribution in [2.75, 3.05) is 5.32 Å². The van der Waals surface area contributed by atoms with Crippen molar-refractivity contribution in [1.29, 1.82) is 5.26 Å². The van der Waals surface area contributed by atoms with E-state index in [2.05, 4.69) is 25.2 Å². The van der Waals surface area contributed by atoms with Crippen LogP contribution in [-0.2, 0) is 17.6 Å². The molecule has 1 unspecified atom stereocenters. The van der Waals surface area contributed by atoms with Crippen LogP contribution in [0.4, 0.5) is 5.69 Å². The van der Waals surface area contributed by atoms with Crippen LogP contribution >= 0.6 is 0 Å². The Balaban J connectivity index is 3.05. The van der Waals surface area contributed by atoms with Crippen LogP contribution in [0.2, 0.25) is 0 Å². The van der Waals surface area contributed by atoms with E-state index in [9.17, 15) is 4.79 Å². The van der Waals surface area contributed by atoms with E-state index in [4.69, 9.17) is 5.26 Å². The van der Waals surface area contributed by atoms with E-state index >= 15 is 0 Å². The minimum atomic E-state index is -0.602. The van der Waals surface area contributed by atoms with Gasteiger partial charge in [0.15, 0.2) is 0 Å². The Morgan fingerprint density at radius 3 is 2.16 bits per heavy atom. The average molecular weight is 258 g/mol. The maximum absolute atomic E-state index is 12.2. The van der Waals surface area contributed by atoms with Crippen LogP contribution in [0, 0.1) is 23.2 Å². The first-order valence-electron chi connectivity index (χ1n) is 6.86. The van der Waals surface area contributed by atoms with Gasteiger partial charge in [0.1, 0.15) is 5.92 Å². The third-order valence-corrected chi connectivity index (χ3v) is 3.34. The van der Waals surface area contributed by atoms with Gasteiger partial charge in [-0.2, -0.15) is 5.26 Å². The fraction of sp³-hybridized carbons (Fsp3) is 0.500. The number of benzene rings is 1. The van der Waals surface area contributed by atoms with Crippen molar-refractivity contribution in [1.82, 2.24) is 0 Å². The number of amides is 1. The largest absolute Gasteiger partial charge is 0.324 e. The van der Waals surface area contributed by atoms with Crippen molar-refractivity contribution < 1.29 is 4.79 Å². The van der Waals surface area contributed by atoms with Gasteiger partial charge in [0.2, 0.25) is 5.91 Å². The van der Waals surface area contributed by atoms with Gasteiger partial charge >= 0.3 is 0 Å². The predicted molar refractivity (Wildman–Crippen MR) is 77.8 cm³/mol. The molecule has 1 rings (SSSR count). The van der Waals surface area contributed by atoms with Gasteiger partial charge in [0, 0.05) is 5.69 Å². The Hall–Kier alpha value is -1.82. The Kier molecular flexibility index (Phi) is 5.57. The summed E-state index contributed by atoms with van der Waals surface area (Å²) < 4.78 is 0. The number of carbonyl (C=O) groups excluding carboxylic acids is 1. The van der Waals surface area contributed by atoms with Gasteiger partial charge in [-0.15, -0.1) is 0 Å². The molecule has 3 heteroatoms. The highest BCUT2D eigenvalue weighted by Crippen LogP contribution is 2.24. The molecule has 0 saturated heterocycles. The summed E-state index contributed by atoms with van der Waals surface area (Å²) in [6.45, 7) is 7.91. The number of hydrogen-bond acceptors (Lipinski definition) is 2. The lowest BCUT2D eigenvalue weighted by molar-refractivity contribution is -0.119. The summed E-state index contributed by atoms with van der Waals surface area (Å²) in [5, 5.41) is 12.0. The number of anilines is 1. The molecule has 0 aromatic heterocycles. The van der Waals surface area contributed by atoms with E-state index in [1.807, 2.05) is 32.0 Å². The standard InChI is InChI=1S/C16H22N2O/c1-5-12-8-7-9-13(6-2)15(12)18-16(19)14(10-17)11(3)4/h7-9,11,14H,5-6H2,1-4H3,(H,18,19). The zero-order valence-electron chi connectivity index (χ0n) is 12.2. The molecule has 0 spiro atoms. The van der Waals surface area contributed by atoms with E-state index < -0.39 is 5.92 Å². The van der Waals surface area contributed by atoms with Crippen LogP contribution in [0.1, 0.15) is 38.8 Å². The quantitative estimate of drug-likeness (QED) is 0.878. The van der Waals surface area contributed by atoms with Gasteiger partial charge in [-0.05, 0) is 29.9 Å². The Bertz CT molecular complexity index is 464. The molecule has 1 atom stereocenters. The highest BCUT2D eigenvalue weighted by Gasteiger charge is 2.22. The minimum absolute atomic E-state index is 0.0175. The summed E-state index contributed by atoms with van der Waals surface area (Å²) in [6.07, 6.45) is 1.73. The van der Waals surface area contributed by atoms with Crippen molar-refractivity contribution in [3.8, 4) is 6.07 Å². The lowest BCUT2D eigenvalue weighted by Crippen LogP contribution is -2.26. The average Bonchev–Trinajstić information content (AvgIpc) is 2.39. The molecular weight excluding hydrogens is 236 g/mol. The van der Waals surface area contributed by atoms with Crippen LogP contribution in [0.3, 0.4) is 0 Å². The number of hydrogen-bond donors (Lipinski definition) is 1. The molecule has 0 heterocycles. The zero-order chi connectivity index (χ0) is 14.4. The second-order valence-corrected chi connectivity index (χ2v) is 5.00. The molecule has 1 aromatic rings. The summed E-state index contributed by atoms with van der Waals surface area (Å²) in [7, 11) is 0. The molecule has 102 valence electrons. The molecule has 19 heavy (non-hydrogen) atoms. The molecule has 1 amide bonds. The van der Waals surface area contributed by atoms with E-state index in [1.54, 1.807) is 0 Å². The monoisotopic (exact) mass is 258 g/mol. The normalized spacial score (nSPS) is 12.0. The van der Waals surface area contributed by atoms with E-state index in [1.165, 1.54) is 0 Å². The van der Waals surface area contributed by atoms with Crippen LogP contribution in [-0.4, -0.2) is 5.91 Å². The predicted octanol–water partition coefficient (Wildman–Crippen LogP) is 3.55. The fourth-order valence-corrected chi connectivity index (χ4v) is 2.11. The smallest absolute Gasteiger partial charge is 0.242 e. The van der Waals surface area contributed by atoms with Gasteiger partial charge < -0.3 is 5.32 Å². The highest BCUT2D eigenvalue weighted by molar-refractivity contribution is 5.95. The second kappa shape index (κ2) is 6.94. The van der Waals surface area contributed by atoms with Crippen LogP contribution in [0.5, 0.6) is 0 Å². The Morgan fingerprint density at radius 1 is 1.26 bits per heavy atom. The number of aryl methyl sites for hydroxylation is 2. The van der Waals surface area contributed by atoms with Crippen LogP contribution < -0.4 is 5.32 Å². The molecule has 0 bridgehead atoms. The molecule has 0 radical (unpaired) electrons. The Morgan fingerprint density at radius 2 is 1.79 bits per heavy atom. The molecule has 0 saturated carbocycles. The molecule has 3 nitrogen and oxygen atoms in total. The molecule has 1 aromatic carbocycles. The number of carbonyl (C=O) groups is 1. The van der Waals surface area contributed by atoms with Crippen LogP contribution in [0.25, 0.3) is 0 Å². The number of nitrogens with zero attached hydrogens (tertiary/aromatic N) is 1. The fourth-order valence-electron chi connectivity index (χ4n) is 2.11. The third-order valence-electron chi connectivity index (χ3n) is 3.34. The van der Waals surface area contributed by atoms with Gasteiger partial charge in [-0.1, -0.05) is 45.9 Å². The van der Waals surface area contributed by atoms with Crippen molar-refractivity contribution in [3.63, 3.8) is 0 Å². The van der Waals surface area contributed by atoms with Crippen LogP contribution in [0.15, 0.2) is 18.2 Å². The summed E-state index contributed by atoms with van der Waals surface area (Å²) in [6, 6.07) is 8.13. The van der Waals surface area contributed by atoms with E-state index in [0.29, 0.717) is 0 Å². The Labute approximate surface area is 115 Å². The maximum Gasteiger partial charge on any atom is 0.242 e. The van der Waals surface area contributed by atoms with Crippen molar-refractivity contribution in [2.24, 2.45) is 11.8 Å². The van der Waals surface area contributed by atoms with E-state index in [-0.39, 0.29) is 11.8 Å². The molecular formula is C16H22N2O. The summed E-state index contributed by atoms with van der Waals surface area (Å²) in [5.41, 5.74) is 3.12. The van der Waals surface area contributed by atoms with E-state index in [0.717, 1.165) is 29.7 Å². The second-order valence-electron chi connectivity index (χ2n) is 5.00. The first kappa shape index (κ1) is 15.2. The lowest BCUT2D eigenvalue weighted by Gasteiger charge is -2.17. The molecule has 0 aliphatic rings. The topological polar surface area (TPSA) is 52.9 Å². The minimum Gasteiger partial charge on any atom is -0.324 e. The first-order valence-corrected chi connectivity index (χ1v) is 6.86. The van der Waals surface area contributed by atoms with Gasteiger partial charge in [-0.25, -0.2) is 0 Å². The molecule has 0 fully saturated rings. The summed E-state index contributed by atoms with van der Waals surface area (Å²) in [5.74, 6) is -0.786. The van der Waals surface area contributed by atoms with Crippen molar-refractivity contribution in [3.05, 3.63) is 29.3 Å². The maximum atomic E-state index is 12.2. The van der Waals surface area contributed by atoms with Gasteiger partial charge in [-0.3, -0.25) is 4.79 Å². The lowest BCUT2D eigenvalue weighted by atomic mass is 9.95. The highest BCUT2D eigenvalue weighted by atomic mass is 16.1. The number of nitriles is 1. The summed E-state index contributed by atoms with van der Waals surface area (Å²) >= 11 is 0. The molecule has 0 aliphatic heterocycles. The molecule has 1 N–H and O–H groups in total. The zero-order valence-corrected chi connectivity index (χ0v) is 12.2. The van der Waals surface area contributed by atoms with Crippen molar-refractivity contribution in [2.45, 2.75) is 40.5 Å². The SMILES string of the molecule is CCc1cccc(CC)c1NC(=O)C(C#N)C(C)C. The van der Waals surface area contributed by atoms with Gasteiger partial charge in [0.25, 0.3) is 0 Å². The first-order chi connectivity index (χ1) is 9.04. The molecule has 0 aliphatic carbocycles. The van der Waals surface area contributed by atoms with Crippen molar-refractivity contribution >= 4 is 11.6 Å². The summed E-state index contributed by atoms with van der Waals surface area (Å²) in [4.78, 5) is 12.2. The third kappa shape index (κ3) is 3.57.